The molecule has 11 heavy (non-hydrogen) atoms. The van der Waals surface area contributed by atoms with Crippen LogP contribution in [0, 0.1) is 29.1 Å². The Balaban J connectivity index is 3.29. The van der Waals surface area contributed by atoms with Gasteiger partial charge >= 0.3 is 0 Å². The van der Waals surface area contributed by atoms with E-state index >= 15 is 0 Å². The molecule has 0 aromatic heterocycles. The minimum atomic E-state index is 0.167. The molecule has 0 N–H and O–H groups in total. The standard InChI is InChI=1S/C10H13N/c1-3-4-5-6-7-8-10(2)9-11/h3,10H,1,6-8H2,2H3. The molecule has 1 nitrogen and oxygen atoms in total. The summed E-state index contributed by atoms with van der Waals surface area (Å²) in [6.45, 7) is 5.42. The molecule has 1 heteroatoms. The molecule has 0 spiro atoms. The average molecular weight is 147 g/mol. The summed E-state index contributed by atoms with van der Waals surface area (Å²) in [5.74, 6) is 5.88. The molecule has 0 heterocycles. The van der Waals surface area contributed by atoms with Gasteiger partial charge in [0, 0.05) is 12.3 Å². The molecule has 0 aliphatic rings. The van der Waals surface area contributed by atoms with E-state index in [1.54, 1.807) is 6.08 Å². The van der Waals surface area contributed by atoms with Gasteiger partial charge in [-0.1, -0.05) is 18.4 Å². The van der Waals surface area contributed by atoms with Gasteiger partial charge in [-0.2, -0.15) is 5.26 Å². The number of nitriles is 1. The summed E-state index contributed by atoms with van der Waals surface area (Å²) in [5, 5.41) is 8.44. The van der Waals surface area contributed by atoms with Crippen molar-refractivity contribution in [2.24, 2.45) is 5.92 Å². The largest absolute Gasteiger partial charge is 0.198 e. The van der Waals surface area contributed by atoms with Gasteiger partial charge in [0.1, 0.15) is 0 Å². The van der Waals surface area contributed by atoms with Gasteiger partial charge in [-0.25, -0.2) is 0 Å². The molecule has 58 valence electrons. The quantitative estimate of drug-likeness (QED) is 0.444. The van der Waals surface area contributed by atoms with Gasteiger partial charge in [-0.15, -0.1) is 0 Å². The normalized spacial score (nSPS) is 10.5. The lowest BCUT2D eigenvalue weighted by Gasteiger charge is -1.96. The fourth-order valence-corrected chi connectivity index (χ4v) is 0.706. The molecule has 0 aliphatic heterocycles. The van der Waals surface area contributed by atoms with E-state index in [-0.39, 0.29) is 5.92 Å². The van der Waals surface area contributed by atoms with Crippen molar-refractivity contribution in [3.05, 3.63) is 12.7 Å². The van der Waals surface area contributed by atoms with Gasteiger partial charge in [0.2, 0.25) is 0 Å². The van der Waals surface area contributed by atoms with Crippen LogP contribution in [-0.4, -0.2) is 0 Å². The molecule has 0 fully saturated rings. The lowest BCUT2D eigenvalue weighted by molar-refractivity contribution is 0.627. The Morgan fingerprint density at radius 2 is 2.36 bits per heavy atom. The van der Waals surface area contributed by atoms with Crippen molar-refractivity contribution in [2.45, 2.75) is 26.2 Å². The van der Waals surface area contributed by atoms with E-state index in [0.717, 1.165) is 19.3 Å². The van der Waals surface area contributed by atoms with Crippen molar-refractivity contribution in [1.29, 1.82) is 5.26 Å². The van der Waals surface area contributed by atoms with Gasteiger partial charge < -0.3 is 0 Å². The van der Waals surface area contributed by atoms with Crippen molar-refractivity contribution >= 4 is 0 Å². The second-order valence-electron chi connectivity index (χ2n) is 2.45. The number of rotatable bonds is 3. The van der Waals surface area contributed by atoms with Crippen molar-refractivity contribution in [1.82, 2.24) is 0 Å². The van der Waals surface area contributed by atoms with E-state index < -0.39 is 0 Å². The fraction of sp³-hybridized carbons (Fsp3) is 0.500. The highest BCUT2D eigenvalue weighted by Gasteiger charge is 1.96. The Hall–Kier alpha value is -1.21. The third kappa shape index (κ3) is 6.68. The van der Waals surface area contributed by atoms with Crippen LogP contribution in [0.5, 0.6) is 0 Å². The molecule has 0 rings (SSSR count). The number of nitrogens with zero attached hydrogens (tertiary/aromatic N) is 1. The van der Waals surface area contributed by atoms with Gasteiger partial charge in [0.15, 0.2) is 0 Å². The summed E-state index contributed by atoms with van der Waals surface area (Å²) in [7, 11) is 0. The third-order valence-corrected chi connectivity index (χ3v) is 1.36. The van der Waals surface area contributed by atoms with Crippen LogP contribution in [0.25, 0.3) is 0 Å². The van der Waals surface area contributed by atoms with Crippen LogP contribution >= 0.6 is 0 Å². The molecule has 0 amide bonds. The molecule has 0 saturated heterocycles. The molecule has 1 unspecified atom stereocenters. The fourth-order valence-electron chi connectivity index (χ4n) is 0.706. The first-order valence-electron chi connectivity index (χ1n) is 3.80. The number of allylic oxidation sites excluding steroid dienone is 1. The first-order valence-corrected chi connectivity index (χ1v) is 3.80. The first-order chi connectivity index (χ1) is 5.31. The SMILES string of the molecule is C=CC#CCCCC(C)C#N. The highest BCUT2D eigenvalue weighted by atomic mass is 14.2. The third-order valence-electron chi connectivity index (χ3n) is 1.36. The second kappa shape index (κ2) is 6.90. The van der Waals surface area contributed by atoms with Gasteiger partial charge in [-0.3, -0.25) is 0 Å². The van der Waals surface area contributed by atoms with Crippen LogP contribution in [0.1, 0.15) is 26.2 Å². The first kappa shape index (κ1) is 9.79. The summed E-state index contributed by atoms with van der Waals surface area (Å²) in [5.41, 5.74) is 0. The summed E-state index contributed by atoms with van der Waals surface area (Å²) < 4.78 is 0. The van der Waals surface area contributed by atoms with Crippen molar-refractivity contribution < 1.29 is 0 Å². The molecule has 1 atom stereocenters. The predicted octanol–water partition coefficient (Wildman–Crippen LogP) is 2.51. The van der Waals surface area contributed by atoms with Crippen LogP contribution in [-0.2, 0) is 0 Å². The van der Waals surface area contributed by atoms with Gasteiger partial charge in [-0.05, 0) is 25.8 Å². The second-order valence-corrected chi connectivity index (χ2v) is 2.45. The maximum Gasteiger partial charge on any atom is 0.0652 e. The Morgan fingerprint density at radius 3 is 2.91 bits per heavy atom. The summed E-state index contributed by atoms with van der Waals surface area (Å²) >= 11 is 0. The minimum Gasteiger partial charge on any atom is -0.198 e. The Labute approximate surface area is 68.7 Å². The molecule has 0 aliphatic carbocycles. The lowest BCUT2D eigenvalue weighted by Crippen LogP contribution is -1.88. The van der Waals surface area contributed by atoms with E-state index in [1.807, 2.05) is 6.92 Å². The molecule has 0 aromatic carbocycles. The molecule has 0 aromatic rings. The lowest BCUT2D eigenvalue weighted by atomic mass is 10.1. The molecule has 0 saturated carbocycles. The molecule has 0 radical (unpaired) electrons. The zero-order chi connectivity index (χ0) is 8.53. The Kier molecular flexibility index (Phi) is 6.14. The van der Waals surface area contributed by atoms with Crippen LogP contribution < -0.4 is 0 Å². The van der Waals surface area contributed by atoms with E-state index in [4.69, 9.17) is 5.26 Å². The van der Waals surface area contributed by atoms with Crippen LogP contribution in [0.15, 0.2) is 12.7 Å². The van der Waals surface area contributed by atoms with Gasteiger partial charge in [0.05, 0.1) is 6.07 Å². The van der Waals surface area contributed by atoms with E-state index in [1.165, 1.54) is 0 Å². The molecular weight excluding hydrogens is 134 g/mol. The maximum atomic E-state index is 8.44. The minimum absolute atomic E-state index is 0.167. The van der Waals surface area contributed by atoms with E-state index in [9.17, 15) is 0 Å². The Bertz CT molecular complexity index is 199. The highest BCUT2D eigenvalue weighted by molar-refractivity contribution is 5.11. The topological polar surface area (TPSA) is 23.8 Å². The number of hydrogen-bond acceptors (Lipinski definition) is 1. The van der Waals surface area contributed by atoms with Crippen LogP contribution in [0.3, 0.4) is 0 Å². The highest BCUT2D eigenvalue weighted by Crippen LogP contribution is 2.04. The van der Waals surface area contributed by atoms with E-state index in [0.29, 0.717) is 0 Å². The monoisotopic (exact) mass is 147 g/mol. The maximum absolute atomic E-state index is 8.44. The number of hydrogen-bond donors (Lipinski definition) is 0. The van der Waals surface area contributed by atoms with Crippen molar-refractivity contribution in [3.63, 3.8) is 0 Å². The molecule has 0 bridgehead atoms. The predicted molar refractivity (Wildman–Crippen MR) is 46.6 cm³/mol. The summed E-state index contributed by atoms with van der Waals surface area (Å²) in [6, 6.07) is 2.19. The van der Waals surface area contributed by atoms with Crippen molar-refractivity contribution in [3.8, 4) is 17.9 Å². The van der Waals surface area contributed by atoms with E-state index in [2.05, 4.69) is 24.5 Å². The summed E-state index contributed by atoms with van der Waals surface area (Å²) in [6.07, 6.45) is 4.42. The summed E-state index contributed by atoms with van der Waals surface area (Å²) in [4.78, 5) is 0. The smallest absolute Gasteiger partial charge is 0.0652 e. The van der Waals surface area contributed by atoms with Crippen LogP contribution in [0.2, 0.25) is 0 Å². The Morgan fingerprint density at radius 1 is 1.64 bits per heavy atom. The average Bonchev–Trinajstić information content (AvgIpc) is 2.04. The van der Waals surface area contributed by atoms with Crippen LogP contribution in [0.4, 0.5) is 0 Å². The molecular formula is C10H13N. The number of unbranched alkanes of at least 4 members (excludes halogenated alkanes) is 1. The van der Waals surface area contributed by atoms with Gasteiger partial charge in [0.25, 0.3) is 0 Å². The zero-order valence-electron chi connectivity index (χ0n) is 6.93. The zero-order valence-corrected chi connectivity index (χ0v) is 6.93. The van der Waals surface area contributed by atoms with Crippen molar-refractivity contribution in [2.75, 3.05) is 0 Å².